The predicted molar refractivity (Wildman–Crippen MR) is 137 cm³/mol. The number of nitro benzene ring substituents is 1. The van der Waals surface area contributed by atoms with Crippen molar-refractivity contribution >= 4 is 23.3 Å². The van der Waals surface area contributed by atoms with Gasteiger partial charge in [-0.1, -0.05) is 38.7 Å². The van der Waals surface area contributed by atoms with Crippen LogP contribution in [0.5, 0.6) is 5.75 Å². The fraction of sp³-hybridized carbons (Fsp3) is 0.370. The highest BCUT2D eigenvalue weighted by molar-refractivity contribution is 5.45. The van der Waals surface area contributed by atoms with Crippen molar-refractivity contribution in [1.29, 1.82) is 0 Å². The monoisotopic (exact) mass is 476 g/mol. The number of azo groups is 1. The number of aryl methyl sites for hydroxylation is 1. The van der Waals surface area contributed by atoms with Crippen molar-refractivity contribution in [3.8, 4) is 5.75 Å². The largest absolute Gasteiger partial charge is 0.494 e. The Morgan fingerprint density at radius 1 is 0.886 bits per heavy atom. The molecule has 3 aromatic rings. The highest BCUT2D eigenvalue weighted by atomic mass is 16.6. The number of benzene rings is 2. The Kier molecular flexibility index (Phi) is 10.7. The van der Waals surface area contributed by atoms with Crippen LogP contribution in [-0.2, 0) is 6.54 Å². The van der Waals surface area contributed by atoms with Gasteiger partial charge < -0.3 is 4.74 Å². The standard InChI is InChI=1S/C27H34N5O3/c1-2-30-20-21-31(23-30)19-9-7-5-3-4-6-8-10-22-35-27-17-13-25(14-18-27)29-28-24-11-15-26(16-12-24)32(33)34/h2,11-18,20-21,23H,1,3-10,19,22H2/q+1. The quantitative estimate of drug-likeness (QED) is 0.0709. The molecule has 0 aliphatic carbocycles. The number of nitrogens with zero attached hydrogens (tertiary/aromatic N) is 5. The first-order valence-electron chi connectivity index (χ1n) is 12.2. The number of rotatable bonds is 16. The topological polar surface area (TPSA) is 85.9 Å². The molecule has 184 valence electrons. The van der Waals surface area contributed by atoms with Gasteiger partial charge in [0.2, 0.25) is 6.33 Å². The molecule has 0 atom stereocenters. The lowest BCUT2D eigenvalue weighted by molar-refractivity contribution is -0.696. The minimum Gasteiger partial charge on any atom is -0.494 e. The van der Waals surface area contributed by atoms with Crippen LogP contribution in [0.1, 0.15) is 51.4 Å². The van der Waals surface area contributed by atoms with Gasteiger partial charge in [-0.15, -0.1) is 0 Å². The lowest BCUT2D eigenvalue weighted by Crippen LogP contribution is -2.30. The summed E-state index contributed by atoms with van der Waals surface area (Å²) in [5.74, 6) is 0.820. The second kappa shape index (κ2) is 14.5. The third-order valence-corrected chi connectivity index (χ3v) is 5.68. The molecule has 0 N–H and O–H groups in total. The highest BCUT2D eigenvalue weighted by Gasteiger charge is 2.03. The molecule has 3 rings (SSSR count). The van der Waals surface area contributed by atoms with Gasteiger partial charge >= 0.3 is 0 Å². The molecular formula is C27H34N5O3+. The number of unbranched alkanes of at least 4 members (excludes halogenated alkanes) is 7. The molecule has 8 nitrogen and oxygen atoms in total. The van der Waals surface area contributed by atoms with Crippen molar-refractivity contribution in [3.63, 3.8) is 0 Å². The van der Waals surface area contributed by atoms with Crippen molar-refractivity contribution < 1.29 is 14.2 Å². The Bertz CT molecular complexity index is 1070. The summed E-state index contributed by atoms with van der Waals surface area (Å²) in [4.78, 5) is 10.3. The molecular weight excluding hydrogens is 442 g/mol. The zero-order valence-corrected chi connectivity index (χ0v) is 20.2. The van der Waals surface area contributed by atoms with E-state index in [1.54, 1.807) is 18.3 Å². The van der Waals surface area contributed by atoms with E-state index in [2.05, 4.69) is 33.9 Å². The molecule has 8 heteroatoms. The predicted octanol–water partition coefficient (Wildman–Crippen LogP) is 7.40. The Balaban J connectivity index is 1.20. The molecule has 35 heavy (non-hydrogen) atoms. The van der Waals surface area contributed by atoms with E-state index in [1.807, 2.05) is 35.0 Å². The highest BCUT2D eigenvalue weighted by Crippen LogP contribution is 2.23. The van der Waals surface area contributed by atoms with Crippen molar-refractivity contribution in [1.82, 2.24) is 4.57 Å². The number of ether oxygens (including phenoxy) is 1. The molecule has 0 aliphatic rings. The summed E-state index contributed by atoms with van der Waals surface area (Å²) in [5.41, 5.74) is 1.30. The summed E-state index contributed by atoms with van der Waals surface area (Å²) >= 11 is 0. The van der Waals surface area contributed by atoms with Gasteiger partial charge in [-0.25, -0.2) is 9.13 Å². The van der Waals surface area contributed by atoms with E-state index in [0.717, 1.165) is 18.7 Å². The first-order chi connectivity index (χ1) is 17.1. The minimum atomic E-state index is -0.438. The average molecular weight is 477 g/mol. The van der Waals surface area contributed by atoms with Gasteiger partial charge in [-0.2, -0.15) is 10.2 Å². The number of hydrogen-bond acceptors (Lipinski definition) is 5. The van der Waals surface area contributed by atoms with E-state index >= 15 is 0 Å². The average Bonchev–Trinajstić information content (AvgIpc) is 3.35. The van der Waals surface area contributed by atoms with Crippen molar-refractivity contribution in [2.75, 3.05) is 6.61 Å². The van der Waals surface area contributed by atoms with Crippen LogP contribution in [0.3, 0.4) is 0 Å². The summed E-state index contributed by atoms with van der Waals surface area (Å²) in [5, 5.41) is 19.0. The molecule has 0 unspecified atom stereocenters. The Morgan fingerprint density at radius 3 is 2.03 bits per heavy atom. The SMILES string of the molecule is C=Cn1cc[n+](CCCCCCCCCCOc2ccc(N=Nc3ccc([N+](=O)[O-])cc3)cc2)c1. The second-order valence-corrected chi connectivity index (χ2v) is 8.43. The zero-order valence-electron chi connectivity index (χ0n) is 20.2. The maximum absolute atomic E-state index is 10.7. The first kappa shape index (κ1) is 25.8. The number of hydrogen-bond donors (Lipinski definition) is 0. The van der Waals surface area contributed by atoms with Gasteiger partial charge in [0, 0.05) is 12.1 Å². The molecule has 0 spiro atoms. The zero-order chi connectivity index (χ0) is 24.7. The van der Waals surface area contributed by atoms with E-state index in [9.17, 15) is 10.1 Å². The van der Waals surface area contributed by atoms with Crippen molar-refractivity contribution in [3.05, 3.63) is 83.9 Å². The van der Waals surface area contributed by atoms with Crippen LogP contribution in [0.25, 0.3) is 6.20 Å². The van der Waals surface area contributed by atoms with E-state index in [-0.39, 0.29) is 5.69 Å². The molecule has 0 radical (unpaired) electrons. The second-order valence-electron chi connectivity index (χ2n) is 8.43. The van der Waals surface area contributed by atoms with Gasteiger partial charge in [-0.3, -0.25) is 10.1 Å². The molecule has 0 fully saturated rings. The van der Waals surface area contributed by atoms with Gasteiger partial charge in [0.1, 0.15) is 18.1 Å². The van der Waals surface area contributed by atoms with Crippen LogP contribution in [-0.4, -0.2) is 16.1 Å². The first-order valence-corrected chi connectivity index (χ1v) is 12.2. The van der Waals surface area contributed by atoms with Crippen LogP contribution in [0.4, 0.5) is 17.1 Å². The lowest BCUT2D eigenvalue weighted by Gasteiger charge is -2.06. The summed E-state index contributed by atoms with van der Waals surface area (Å²) in [6.07, 6.45) is 17.9. The molecule has 1 aromatic heterocycles. The molecule has 0 aliphatic heterocycles. The van der Waals surface area contributed by atoms with Crippen molar-refractivity contribution in [2.45, 2.75) is 57.9 Å². The maximum Gasteiger partial charge on any atom is 0.269 e. The summed E-state index contributed by atoms with van der Waals surface area (Å²) < 4.78 is 10.0. The Hall–Kier alpha value is -3.81. The Morgan fingerprint density at radius 2 is 1.46 bits per heavy atom. The van der Waals surface area contributed by atoms with Crippen LogP contribution >= 0.6 is 0 Å². The summed E-state index contributed by atoms with van der Waals surface area (Å²) in [7, 11) is 0. The summed E-state index contributed by atoms with van der Waals surface area (Å²) in [6, 6.07) is 13.4. The molecule has 0 amide bonds. The van der Waals surface area contributed by atoms with Crippen molar-refractivity contribution in [2.24, 2.45) is 10.2 Å². The van der Waals surface area contributed by atoms with Crippen LogP contribution in [0.15, 0.2) is 84.1 Å². The maximum atomic E-state index is 10.7. The summed E-state index contributed by atoms with van der Waals surface area (Å²) in [6.45, 7) is 5.55. The number of non-ortho nitro benzene ring substituents is 1. The van der Waals surface area contributed by atoms with Gasteiger partial charge in [0.25, 0.3) is 5.69 Å². The van der Waals surface area contributed by atoms with E-state index in [1.165, 1.54) is 57.1 Å². The number of aromatic nitrogens is 2. The lowest BCUT2D eigenvalue weighted by atomic mass is 10.1. The minimum absolute atomic E-state index is 0.0344. The third-order valence-electron chi connectivity index (χ3n) is 5.68. The van der Waals surface area contributed by atoms with E-state index < -0.39 is 4.92 Å². The normalized spacial score (nSPS) is 11.1. The van der Waals surface area contributed by atoms with E-state index in [4.69, 9.17) is 4.74 Å². The third kappa shape index (κ3) is 9.52. The molecule has 2 aromatic carbocycles. The fourth-order valence-electron chi connectivity index (χ4n) is 3.66. The van der Waals surface area contributed by atoms with Gasteiger partial charge in [0.05, 0.1) is 35.6 Å². The van der Waals surface area contributed by atoms with Crippen LogP contribution in [0, 0.1) is 10.1 Å². The molecule has 1 heterocycles. The van der Waals surface area contributed by atoms with Gasteiger partial charge in [-0.05, 0) is 55.7 Å². The number of nitro groups is 1. The smallest absolute Gasteiger partial charge is 0.269 e. The molecule has 0 saturated carbocycles. The number of imidazole rings is 1. The van der Waals surface area contributed by atoms with Crippen LogP contribution in [0.2, 0.25) is 0 Å². The Labute approximate surface area is 206 Å². The fourth-order valence-corrected chi connectivity index (χ4v) is 3.66. The van der Waals surface area contributed by atoms with E-state index in [0.29, 0.717) is 18.0 Å². The molecule has 0 saturated heterocycles. The molecule has 0 bridgehead atoms. The van der Waals surface area contributed by atoms with Gasteiger partial charge in [0.15, 0.2) is 0 Å². The van der Waals surface area contributed by atoms with Crippen LogP contribution < -0.4 is 9.30 Å².